The van der Waals surface area contributed by atoms with Crippen LogP contribution < -0.4 is 0 Å². The first-order valence-electron chi connectivity index (χ1n) is 5.21. The minimum absolute atomic E-state index is 0.157. The van der Waals surface area contributed by atoms with Crippen LogP contribution in [0, 0.1) is 0 Å². The van der Waals surface area contributed by atoms with E-state index in [0.717, 1.165) is 0 Å². The molecule has 0 spiro atoms. The van der Waals surface area contributed by atoms with Crippen LogP contribution in [0.25, 0.3) is 0 Å². The van der Waals surface area contributed by atoms with Gasteiger partial charge in [-0.3, -0.25) is 0 Å². The van der Waals surface area contributed by atoms with E-state index >= 15 is 0 Å². The highest BCUT2D eigenvalue weighted by Crippen LogP contribution is 2.39. The SMILES string of the molecule is C=C(C)C(=O)OCCOC(C)(CC)[P+](C)=O. The van der Waals surface area contributed by atoms with Crippen LogP contribution in [0.15, 0.2) is 12.2 Å². The third-order valence-corrected chi connectivity index (χ3v) is 4.18. The molecule has 0 bridgehead atoms. The highest BCUT2D eigenvalue weighted by atomic mass is 31.1. The van der Waals surface area contributed by atoms with Crippen LogP contribution in [0.2, 0.25) is 0 Å². The monoisotopic (exact) mass is 247 g/mol. The summed E-state index contributed by atoms with van der Waals surface area (Å²) in [6.45, 7) is 10.8. The Morgan fingerprint density at radius 3 is 2.38 bits per heavy atom. The van der Waals surface area contributed by atoms with Gasteiger partial charge in [-0.1, -0.05) is 18.1 Å². The van der Waals surface area contributed by atoms with Gasteiger partial charge in [-0.05, 0) is 6.92 Å². The summed E-state index contributed by atoms with van der Waals surface area (Å²) in [6, 6.07) is 0. The van der Waals surface area contributed by atoms with Crippen molar-refractivity contribution >= 4 is 13.8 Å². The van der Waals surface area contributed by atoms with E-state index in [0.29, 0.717) is 12.0 Å². The molecule has 0 aromatic heterocycles. The molecule has 2 atom stereocenters. The Hall–Kier alpha value is -0.730. The molecular weight excluding hydrogens is 227 g/mol. The summed E-state index contributed by atoms with van der Waals surface area (Å²) in [6.07, 6.45) is 0.660. The van der Waals surface area contributed by atoms with Gasteiger partial charge in [-0.15, -0.1) is 0 Å². The van der Waals surface area contributed by atoms with Gasteiger partial charge < -0.3 is 9.47 Å². The van der Waals surface area contributed by atoms with Gasteiger partial charge in [0.25, 0.3) is 5.34 Å². The van der Waals surface area contributed by atoms with E-state index in [2.05, 4.69) is 6.58 Å². The van der Waals surface area contributed by atoms with Gasteiger partial charge in [0.05, 0.1) is 6.61 Å². The minimum Gasteiger partial charge on any atom is -0.460 e. The van der Waals surface area contributed by atoms with Crippen molar-refractivity contribution in [2.24, 2.45) is 0 Å². The Labute approximate surface area is 97.8 Å². The molecule has 0 aliphatic carbocycles. The predicted octanol–water partition coefficient (Wildman–Crippen LogP) is 2.71. The van der Waals surface area contributed by atoms with Crippen molar-refractivity contribution in [3.8, 4) is 0 Å². The van der Waals surface area contributed by atoms with E-state index in [4.69, 9.17) is 9.47 Å². The molecule has 0 aromatic carbocycles. The Bertz CT molecular complexity index is 288. The van der Waals surface area contributed by atoms with Crippen LogP contribution >= 0.6 is 7.80 Å². The second-order valence-corrected chi connectivity index (χ2v) is 5.73. The normalized spacial score (nSPS) is 15.1. The summed E-state index contributed by atoms with van der Waals surface area (Å²) in [4.78, 5) is 11.0. The van der Waals surface area contributed by atoms with Gasteiger partial charge >= 0.3 is 13.8 Å². The summed E-state index contributed by atoms with van der Waals surface area (Å²) in [5.74, 6) is -0.428. The maximum absolute atomic E-state index is 11.4. The van der Waals surface area contributed by atoms with Crippen LogP contribution in [0.1, 0.15) is 27.2 Å². The lowest BCUT2D eigenvalue weighted by Gasteiger charge is -2.17. The fourth-order valence-corrected chi connectivity index (χ4v) is 1.65. The van der Waals surface area contributed by atoms with E-state index < -0.39 is 19.1 Å². The number of carbonyl (C=O) groups is 1. The largest absolute Gasteiger partial charge is 0.460 e. The lowest BCUT2D eigenvalue weighted by Crippen LogP contribution is -2.25. The fraction of sp³-hybridized carbons (Fsp3) is 0.727. The average molecular weight is 247 g/mol. The lowest BCUT2D eigenvalue weighted by atomic mass is 10.3. The summed E-state index contributed by atoms with van der Waals surface area (Å²) < 4.78 is 21.8. The Morgan fingerprint density at radius 2 is 2.00 bits per heavy atom. The molecule has 0 heterocycles. The molecule has 4 nitrogen and oxygen atoms in total. The van der Waals surface area contributed by atoms with Crippen molar-refractivity contribution in [3.05, 3.63) is 12.2 Å². The Balaban J connectivity index is 3.94. The van der Waals surface area contributed by atoms with Gasteiger partial charge in [-0.2, -0.15) is 0 Å². The van der Waals surface area contributed by atoms with E-state index in [9.17, 15) is 9.36 Å². The van der Waals surface area contributed by atoms with Crippen molar-refractivity contribution in [2.45, 2.75) is 32.5 Å². The van der Waals surface area contributed by atoms with Crippen LogP contribution in [0.4, 0.5) is 0 Å². The molecule has 92 valence electrons. The second kappa shape index (κ2) is 6.77. The van der Waals surface area contributed by atoms with E-state index in [1.165, 1.54) is 0 Å². The number of esters is 1. The molecule has 0 aromatic rings. The summed E-state index contributed by atoms with van der Waals surface area (Å²) in [7, 11) is -1.42. The fourth-order valence-electron chi connectivity index (χ4n) is 0.935. The quantitative estimate of drug-likeness (QED) is 0.300. The summed E-state index contributed by atoms with van der Waals surface area (Å²) in [5.41, 5.74) is 0.361. The first-order chi connectivity index (χ1) is 7.33. The molecule has 0 saturated carbocycles. The van der Waals surface area contributed by atoms with Gasteiger partial charge in [0.15, 0.2) is 0 Å². The number of hydrogen-bond acceptors (Lipinski definition) is 4. The van der Waals surface area contributed by atoms with Gasteiger partial charge in [0.1, 0.15) is 13.3 Å². The predicted molar refractivity (Wildman–Crippen MR) is 64.0 cm³/mol. The minimum atomic E-state index is -1.42. The third kappa shape index (κ3) is 4.86. The smallest absolute Gasteiger partial charge is 0.369 e. The molecule has 16 heavy (non-hydrogen) atoms. The molecule has 0 fully saturated rings. The molecule has 0 aliphatic rings. The summed E-state index contributed by atoms with van der Waals surface area (Å²) >= 11 is 0. The van der Waals surface area contributed by atoms with E-state index in [-0.39, 0.29) is 13.2 Å². The molecule has 0 saturated heterocycles. The molecule has 0 aliphatic heterocycles. The highest BCUT2D eigenvalue weighted by Gasteiger charge is 2.39. The van der Waals surface area contributed by atoms with Crippen LogP contribution in [0.3, 0.4) is 0 Å². The van der Waals surface area contributed by atoms with E-state index in [1.54, 1.807) is 20.5 Å². The Kier molecular flexibility index (Phi) is 6.46. The number of rotatable bonds is 7. The summed E-state index contributed by atoms with van der Waals surface area (Å²) in [5, 5.41) is -0.634. The lowest BCUT2D eigenvalue weighted by molar-refractivity contribution is -0.141. The van der Waals surface area contributed by atoms with Gasteiger partial charge in [0, 0.05) is 18.9 Å². The highest BCUT2D eigenvalue weighted by molar-refractivity contribution is 7.45. The average Bonchev–Trinajstić information content (AvgIpc) is 2.23. The molecule has 0 radical (unpaired) electrons. The zero-order valence-electron chi connectivity index (χ0n) is 10.4. The molecule has 0 N–H and O–H groups in total. The maximum Gasteiger partial charge on any atom is 0.369 e. The first-order valence-corrected chi connectivity index (χ1v) is 6.91. The van der Waals surface area contributed by atoms with Crippen LogP contribution in [0.5, 0.6) is 0 Å². The second-order valence-electron chi connectivity index (χ2n) is 3.79. The molecular formula is C11H20O4P+. The van der Waals surface area contributed by atoms with Crippen molar-refractivity contribution in [1.82, 2.24) is 0 Å². The maximum atomic E-state index is 11.4. The van der Waals surface area contributed by atoms with Gasteiger partial charge in [0.2, 0.25) is 0 Å². The standard InChI is InChI=1S/C11H20O4P/c1-6-11(4,16(5)13)15-8-7-14-10(12)9(2)3/h2,6-8H2,1,3-5H3/q+1. The molecule has 2 unspecified atom stereocenters. The van der Waals surface area contributed by atoms with Crippen molar-refractivity contribution in [2.75, 3.05) is 19.9 Å². The van der Waals surface area contributed by atoms with Crippen molar-refractivity contribution in [3.63, 3.8) is 0 Å². The van der Waals surface area contributed by atoms with Crippen molar-refractivity contribution in [1.29, 1.82) is 0 Å². The molecule has 5 heteroatoms. The topological polar surface area (TPSA) is 52.6 Å². The molecule has 0 rings (SSSR count). The zero-order valence-corrected chi connectivity index (χ0v) is 11.3. The Morgan fingerprint density at radius 1 is 1.44 bits per heavy atom. The third-order valence-electron chi connectivity index (χ3n) is 2.40. The number of ether oxygens (including phenoxy) is 2. The van der Waals surface area contributed by atoms with E-state index in [1.807, 2.05) is 6.92 Å². The number of carbonyl (C=O) groups excluding carboxylic acids is 1. The van der Waals surface area contributed by atoms with Crippen LogP contribution in [-0.2, 0) is 18.8 Å². The zero-order chi connectivity index (χ0) is 12.8. The van der Waals surface area contributed by atoms with Gasteiger partial charge in [-0.25, -0.2) is 4.79 Å². The first kappa shape index (κ1) is 15.3. The molecule has 0 amide bonds. The van der Waals surface area contributed by atoms with Crippen LogP contribution in [-0.4, -0.2) is 31.2 Å². The van der Waals surface area contributed by atoms with Crippen molar-refractivity contribution < 1.29 is 18.8 Å². The number of hydrogen-bond donors (Lipinski definition) is 0.